The first-order chi connectivity index (χ1) is 16.3. The van der Waals surface area contributed by atoms with Crippen molar-refractivity contribution in [2.75, 3.05) is 0 Å². The van der Waals surface area contributed by atoms with Crippen molar-refractivity contribution in [3.8, 4) is 28.5 Å². The second-order valence-corrected chi connectivity index (χ2v) is 7.93. The number of hydrogen-bond acceptors (Lipinski definition) is 3. The largest absolute Gasteiger partial charge is 0.450 e. The Morgan fingerprint density at radius 1 is 0.576 bits per heavy atom. The Kier molecular flexibility index (Phi) is 4.74. The Balaban J connectivity index is 1.70. The highest BCUT2D eigenvalue weighted by molar-refractivity contribution is 6.46. The highest BCUT2D eigenvalue weighted by atomic mass is 16.2. The van der Waals surface area contributed by atoms with E-state index in [0.717, 1.165) is 57.3 Å². The number of aromatic nitrogens is 3. The molecular formula is C28H19BN3O. The third-order valence-electron chi connectivity index (χ3n) is 5.90. The van der Waals surface area contributed by atoms with Gasteiger partial charge in [-0.2, -0.15) is 0 Å². The minimum Gasteiger partial charge on any atom is -0.450 e. The lowest BCUT2D eigenvalue weighted by atomic mass is 9.88. The van der Waals surface area contributed by atoms with E-state index in [-0.39, 0.29) is 0 Å². The average molecular weight is 424 g/mol. The molecule has 33 heavy (non-hydrogen) atoms. The molecule has 4 nitrogen and oxygen atoms in total. The number of fused-ring (bicyclic) bond motifs is 3. The molecule has 4 aromatic carbocycles. The minimum absolute atomic E-state index is 0.594. The van der Waals surface area contributed by atoms with Gasteiger partial charge >= 0.3 is 7.48 Å². The van der Waals surface area contributed by atoms with Gasteiger partial charge in [-0.05, 0) is 18.2 Å². The summed E-state index contributed by atoms with van der Waals surface area (Å²) in [5.41, 5.74) is 6.47. The molecule has 0 aliphatic carbocycles. The van der Waals surface area contributed by atoms with Gasteiger partial charge in [0.25, 0.3) is 0 Å². The molecule has 0 fully saturated rings. The van der Waals surface area contributed by atoms with Gasteiger partial charge in [-0.15, -0.1) is 0 Å². The van der Waals surface area contributed by atoms with Crippen LogP contribution in [0.5, 0.6) is 0 Å². The molecule has 1 N–H and O–H groups in total. The van der Waals surface area contributed by atoms with E-state index in [1.807, 2.05) is 72.8 Å². The monoisotopic (exact) mass is 424 g/mol. The molecule has 5 heteroatoms. The van der Waals surface area contributed by atoms with Crippen LogP contribution in [0.3, 0.4) is 0 Å². The van der Waals surface area contributed by atoms with Crippen LogP contribution < -0.4 is 5.46 Å². The highest BCUT2D eigenvalue weighted by Crippen LogP contribution is 2.32. The van der Waals surface area contributed by atoms with Crippen LogP contribution in [0.15, 0.2) is 109 Å². The summed E-state index contributed by atoms with van der Waals surface area (Å²) in [4.78, 5) is 10.0. The van der Waals surface area contributed by atoms with Crippen LogP contribution in [0.4, 0.5) is 0 Å². The Hall–Kier alpha value is -4.22. The van der Waals surface area contributed by atoms with E-state index in [4.69, 9.17) is 9.97 Å². The van der Waals surface area contributed by atoms with Crippen LogP contribution in [-0.2, 0) is 0 Å². The van der Waals surface area contributed by atoms with Gasteiger partial charge in [0.05, 0.1) is 22.4 Å². The molecule has 2 aromatic heterocycles. The lowest BCUT2D eigenvalue weighted by Crippen LogP contribution is -2.13. The van der Waals surface area contributed by atoms with E-state index in [9.17, 15) is 5.02 Å². The van der Waals surface area contributed by atoms with Gasteiger partial charge in [0.2, 0.25) is 5.95 Å². The maximum absolute atomic E-state index is 9.65. The summed E-state index contributed by atoms with van der Waals surface area (Å²) < 4.78 is 2.08. The lowest BCUT2D eigenvalue weighted by molar-refractivity contribution is 0.615. The topological polar surface area (TPSA) is 50.9 Å². The molecule has 6 rings (SSSR count). The van der Waals surface area contributed by atoms with Crippen LogP contribution in [0.25, 0.3) is 50.3 Å². The minimum atomic E-state index is 0.594. The van der Waals surface area contributed by atoms with Gasteiger partial charge in [-0.25, -0.2) is 9.97 Å². The number of para-hydroxylation sites is 1. The van der Waals surface area contributed by atoms with Crippen molar-refractivity contribution in [3.05, 3.63) is 109 Å². The average Bonchev–Trinajstić information content (AvgIpc) is 3.23. The Labute approximate surface area is 192 Å². The molecule has 0 bridgehead atoms. The zero-order chi connectivity index (χ0) is 22.2. The molecular weight excluding hydrogens is 405 g/mol. The number of rotatable bonds is 4. The summed E-state index contributed by atoms with van der Waals surface area (Å²) in [5.74, 6) is 0.594. The van der Waals surface area contributed by atoms with E-state index in [2.05, 4.69) is 41.0 Å². The third kappa shape index (κ3) is 3.39. The van der Waals surface area contributed by atoms with Crippen LogP contribution in [0.1, 0.15) is 0 Å². The fourth-order valence-corrected chi connectivity index (χ4v) is 4.33. The van der Waals surface area contributed by atoms with E-state index < -0.39 is 0 Å². The van der Waals surface area contributed by atoms with Crippen molar-refractivity contribution in [2.45, 2.75) is 0 Å². The summed E-state index contributed by atoms with van der Waals surface area (Å²) in [5, 5.41) is 11.9. The zero-order valence-electron chi connectivity index (χ0n) is 17.8. The van der Waals surface area contributed by atoms with Crippen LogP contribution >= 0.6 is 0 Å². The fraction of sp³-hybridized carbons (Fsp3) is 0. The van der Waals surface area contributed by atoms with Crippen molar-refractivity contribution >= 4 is 34.8 Å². The summed E-state index contributed by atoms with van der Waals surface area (Å²) in [7, 11) is 1.12. The second kappa shape index (κ2) is 8.04. The van der Waals surface area contributed by atoms with Gasteiger partial charge in [0.1, 0.15) is 0 Å². The van der Waals surface area contributed by atoms with Crippen molar-refractivity contribution in [2.24, 2.45) is 0 Å². The van der Waals surface area contributed by atoms with Crippen molar-refractivity contribution in [1.82, 2.24) is 14.5 Å². The number of hydrogen-bond donors (Lipinski definition) is 1. The summed E-state index contributed by atoms with van der Waals surface area (Å²) in [6.07, 6.45) is 0. The first-order valence-electron chi connectivity index (χ1n) is 10.8. The Morgan fingerprint density at radius 3 is 1.79 bits per heavy atom. The smallest absolute Gasteiger partial charge is 0.326 e. The molecule has 0 amide bonds. The van der Waals surface area contributed by atoms with Crippen molar-refractivity contribution in [1.29, 1.82) is 0 Å². The first-order valence-corrected chi connectivity index (χ1v) is 10.8. The van der Waals surface area contributed by atoms with Gasteiger partial charge in [-0.1, -0.05) is 96.5 Å². The number of benzene rings is 4. The molecule has 0 saturated carbocycles. The molecule has 0 aliphatic rings. The summed E-state index contributed by atoms with van der Waals surface area (Å²) >= 11 is 0. The van der Waals surface area contributed by atoms with Crippen molar-refractivity contribution < 1.29 is 5.02 Å². The predicted octanol–water partition coefficient (Wildman–Crippen LogP) is 5.14. The maximum Gasteiger partial charge on any atom is 0.326 e. The van der Waals surface area contributed by atoms with Crippen molar-refractivity contribution in [3.63, 3.8) is 0 Å². The molecule has 0 atom stereocenters. The van der Waals surface area contributed by atoms with Crippen LogP contribution in [-0.4, -0.2) is 27.0 Å². The summed E-state index contributed by atoms with van der Waals surface area (Å²) in [6.45, 7) is 0. The Bertz CT molecular complexity index is 1540. The quantitative estimate of drug-likeness (QED) is 0.399. The number of nitrogens with zero attached hydrogens (tertiary/aromatic N) is 3. The molecule has 155 valence electrons. The van der Waals surface area contributed by atoms with Gasteiger partial charge in [0, 0.05) is 21.9 Å². The second-order valence-electron chi connectivity index (χ2n) is 7.93. The molecule has 0 spiro atoms. The van der Waals surface area contributed by atoms with E-state index >= 15 is 0 Å². The summed E-state index contributed by atoms with van der Waals surface area (Å²) in [6, 6.07) is 36.5. The maximum atomic E-state index is 9.65. The molecule has 1 radical (unpaired) electrons. The van der Waals surface area contributed by atoms with E-state index in [0.29, 0.717) is 5.95 Å². The van der Waals surface area contributed by atoms with E-state index in [1.54, 1.807) is 0 Å². The van der Waals surface area contributed by atoms with Gasteiger partial charge in [0.15, 0.2) is 0 Å². The third-order valence-corrected chi connectivity index (χ3v) is 5.90. The highest BCUT2D eigenvalue weighted by Gasteiger charge is 2.17. The Morgan fingerprint density at radius 2 is 1.15 bits per heavy atom. The fourth-order valence-electron chi connectivity index (χ4n) is 4.33. The molecule has 6 aromatic rings. The SMILES string of the molecule is O[B]c1ccc2c3ccccc3n(-c3nc(-c4ccccc4)cc(-c4ccccc4)n3)c2c1. The predicted molar refractivity (Wildman–Crippen MR) is 135 cm³/mol. The lowest BCUT2D eigenvalue weighted by Gasteiger charge is -2.12. The molecule has 2 heterocycles. The molecule has 0 aliphatic heterocycles. The zero-order valence-corrected chi connectivity index (χ0v) is 17.8. The van der Waals surface area contributed by atoms with Gasteiger partial charge in [-0.3, -0.25) is 4.57 Å². The standard InChI is InChI=1S/C28H19BN3O/c33-29-21-15-16-23-22-13-7-8-14-26(22)32(27(23)17-21)28-30-24(19-9-3-1-4-10-19)18-25(31-28)20-11-5-2-6-12-20/h1-18,33H. The van der Waals surface area contributed by atoms with Crippen LogP contribution in [0, 0.1) is 0 Å². The van der Waals surface area contributed by atoms with Gasteiger partial charge < -0.3 is 5.02 Å². The normalized spacial score (nSPS) is 11.2. The van der Waals surface area contributed by atoms with E-state index in [1.165, 1.54) is 0 Å². The molecule has 0 unspecified atom stereocenters. The molecule has 0 saturated heterocycles. The first kappa shape index (κ1) is 19.5. The van der Waals surface area contributed by atoms with Crippen LogP contribution in [0.2, 0.25) is 0 Å².